The van der Waals surface area contributed by atoms with Crippen LogP contribution < -0.4 is 4.90 Å². The molecular weight excluding hydrogens is 190 g/mol. The zero-order valence-electron chi connectivity index (χ0n) is 7.81. The third-order valence-corrected chi connectivity index (χ3v) is 2.70. The molecule has 2 amide bonds. The Morgan fingerprint density at radius 1 is 1.07 bits per heavy atom. The molecule has 3 nitrogen and oxygen atoms in total. The summed E-state index contributed by atoms with van der Waals surface area (Å²) in [4.78, 5) is 23.8. The molecule has 0 bridgehead atoms. The molecule has 0 N–H and O–H groups in total. The van der Waals surface area contributed by atoms with Crippen molar-refractivity contribution in [2.24, 2.45) is 0 Å². The molecule has 0 radical (unpaired) electrons. The van der Waals surface area contributed by atoms with Crippen molar-refractivity contribution in [3.05, 3.63) is 42.0 Å². The Kier molecular flexibility index (Phi) is 1.45. The van der Waals surface area contributed by atoms with Crippen molar-refractivity contribution in [1.82, 2.24) is 0 Å². The number of hydrogen-bond donors (Lipinski definition) is 0. The van der Waals surface area contributed by atoms with Crippen LogP contribution in [0.2, 0.25) is 0 Å². The summed E-state index contributed by atoms with van der Waals surface area (Å²) in [6.07, 6.45) is 0.567. The van der Waals surface area contributed by atoms with Crippen LogP contribution in [0.25, 0.3) is 10.8 Å². The zero-order valence-corrected chi connectivity index (χ0v) is 7.81. The molecule has 0 unspecified atom stereocenters. The Labute approximate surface area is 85.9 Å². The molecule has 0 aromatic heterocycles. The molecule has 2 aromatic carbocycles. The fraction of sp³-hybridized carbons (Fsp3) is 0. The van der Waals surface area contributed by atoms with Gasteiger partial charge in [0.05, 0.1) is 11.3 Å². The largest absolute Gasteiger partial charge is 0.278 e. The molecule has 15 heavy (non-hydrogen) atoms. The molecular formula is C12H7NO2. The van der Waals surface area contributed by atoms with Crippen LogP contribution >= 0.6 is 0 Å². The first-order valence-corrected chi connectivity index (χ1v) is 4.63. The summed E-state index contributed by atoms with van der Waals surface area (Å²) in [5.41, 5.74) is 1.29. The molecule has 0 spiro atoms. The smallest absolute Gasteiger partial charge is 0.265 e. The van der Waals surface area contributed by atoms with Crippen LogP contribution in [0.4, 0.5) is 5.69 Å². The van der Waals surface area contributed by atoms with E-state index < -0.39 is 0 Å². The molecule has 0 saturated carbocycles. The molecule has 2 aromatic rings. The summed E-state index contributed by atoms with van der Waals surface area (Å²) in [5.74, 6) is -0.239. The van der Waals surface area contributed by atoms with Gasteiger partial charge in [0, 0.05) is 5.39 Å². The number of imide groups is 1. The fourth-order valence-corrected chi connectivity index (χ4v) is 2.04. The van der Waals surface area contributed by atoms with E-state index in [1.165, 1.54) is 0 Å². The number of amides is 2. The van der Waals surface area contributed by atoms with Crippen molar-refractivity contribution in [2.45, 2.75) is 0 Å². The van der Waals surface area contributed by atoms with E-state index >= 15 is 0 Å². The van der Waals surface area contributed by atoms with E-state index in [0.29, 0.717) is 17.7 Å². The second-order valence-corrected chi connectivity index (χ2v) is 3.46. The van der Waals surface area contributed by atoms with Gasteiger partial charge in [0.15, 0.2) is 0 Å². The number of carbonyl (C=O) groups is 2. The lowest BCUT2D eigenvalue weighted by atomic mass is 10.1. The Morgan fingerprint density at radius 2 is 1.80 bits per heavy atom. The highest BCUT2D eigenvalue weighted by Gasteiger charge is 2.28. The van der Waals surface area contributed by atoms with Crippen molar-refractivity contribution in [3.63, 3.8) is 0 Å². The first-order chi connectivity index (χ1) is 7.33. The molecule has 0 fully saturated rings. The van der Waals surface area contributed by atoms with Crippen molar-refractivity contribution < 1.29 is 9.59 Å². The average Bonchev–Trinajstić information content (AvgIpc) is 2.55. The predicted octanol–water partition coefficient (Wildman–Crippen LogP) is 1.96. The number of hydrogen-bond acceptors (Lipinski definition) is 2. The van der Waals surface area contributed by atoms with Gasteiger partial charge in [0.1, 0.15) is 0 Å². The van der Waals surface area contributed by atoms with E-state index in [9.17, 15) is 9.59 Å². The standard InChI is InChI=1S/C12H7NO2/c14-7-13-10-6-2-4-8-3-1-5-9(11(8)10)12(13)15/h1-7H. The molecule has 3 rings (SSSR count). The van der Waals surface area contributed by atoms with Crippen LogP contribution in [0.3, 0.4) is 0 Å². The lowest BCUT2D eigenvalue weighted by Gasteiger charge is -2.06. The average molecular weight is 197 g/mol. The van der Waals surface area contributed by atoms with Gasteiger partial charge in [0.25, 0.3) is 5.91 Å². The maximum absolute atomic E-state index is 11.8. The van der Waals surface area contributed by atoms with Crippen LogP contribution in [0.1, 0.15) is 10.4 Å². The van der Waals surface area contributed by atoms with E-state index in [-0.39, 0.29) is 5.91 Å². The first kappa shape index (κ1) is 8.17. The Balaban J connectivity index is 2.50. The van der Waals surface area contributed by atoms with Gasteiger partial charge in [-0.1, -0.05) is 24.3 Å². The highest BCUT2D eigenvalue weighted by Crippen LogP contribution is 2.35. The molecule has 0 saturated heterocycles. The quantitative estimate of drug-likeness (QED) is 0.655. The third-order valence-electron chi connectivity index (χ3n) is 2.70. The Bertz CT molecular complexity index is 584. The van der Waals surface area contributed by atoms with Crippen molar-refractivity contribution in [2.75, 3.05) is 4.90 Å². The fourth-order valence-electron chi connectivity index (χ4n) is 2.04. The maximum atomic E-state index is 11.8. The number of nitrogens with zero attached hydrogens (tertiary/aromatic N) is 1. The molecule has 0 aliphatic carbocycles. The van der Waals surface area contributed by atoms with Crippen molar-refractivity contribution in [1.29, 1.82) is 0 Å². The van der Waals surface area contributed by atoms with Gasteiger partial charge >= 0.3 is 0 Å². The summed E-state index contributed by atoms with van der Waals surface area (Å²) in [7, 11) is 0. The van der Waals surface area contributed by atoms with Crippen LogP contribution in [-0.4, -0.2) is 12.3 Å². The van der Waals surface area contributed by atoms with Crippen LogP contribution in [0.15, 0.2) is 36.4 Å². The second-order valence-electron chi connectivity index (χ2n) is 3.46. The minimum Gasteiger partial charge on any atom is -0.278 e. The van der Waals surface area contributed by atoms with E-state index in [1.54, 1.807) is 12.1 Å². The summed E-state index contributed by atoms with van der Waals surface area (Å²) in [5, 5.41) is 1.86. The van der Waals surface area contributed by atoms with Crippen LogP contribution in [0, 0.1) is 0 Å². The normalized spacial score (nSPS) is 13.6. The van der Waals surface area contributed by atoms with E-state index in [0.717, 1.165) is 15.7 Å². The number of rotatable bonds is 1. The topological polar surface area (TPSA) is 37.4 Å². The summed E-state index contributed by atoms with van der Waals surface area (Å²) in [6.45, 7) is 0. The highest BCUT2D eigenvalue weighted by atomic mass is 16.2. The first-order valence-electron chi connectivity index (χ1n) is 4.63. The van der Waals surface area contributed by atoms with E-state index in [4.69, 9.17) is 0 Å². The van der Waals surface area contributed by atoms with Crippen LogP contribution in [0.5, 0.6) is 0 Å². The molecule has 72 valence electrons. The monoisotopic (exact) mass is 197 g/mol. The molecule has 1 heterocycles. The Morgan fingerprint density at radius 3 is 2.53 bits per heavy atom. The van der Waals surface area contributed by atoms with Gasteiger partial charge in [-0.15, -0.1) is 0 Å². The van der Waals surface area contributed by atoms with Crippen molar-refractivity contribution >= 4 is 28.8 Å². The second kappa shape index (κ2) is 2.67. The van der Waals surface area contributed by atoms with Gasteiger partial charge in [-0.25, -0.2) is 4.90 Å². The maximum Gasteiger partial charge on any atom is 0.265 e. The minimum absolute atomic E-state index is 0.239. The van der Waals surface area contributed by atoms with Gasteiger partial charge in [0.2, 0.25) is 6.41 Å². The van der Waals surface area contributed by atoms with Gasteiger partial charge < -0.3 is 0 Å². The summed E-state index contributed by atoms with van der Waals surface area (Å²) >= 11 is 0. The number of anilines is 1. The molecule has 1 aliphatic rings. The van der Waals surface area contributed by atoms with E-state index in [2.05, 4.69) is 0 Å². The Hall–Kier alpha value is -2.16. The molecule has 3 heteroatoms. The predicted molar refractivity (Wildman–Crippen MR) is 56.8 cm³/mol. The summed E-state index contributed by atoms with van der Waals surface area (Å²) in [6, 6.07) is 11.1. The lowest BCUT2D eigenvalue weighted by molar-refractivity contribution is -0.106. The SMILES string of the molecule is O=CN1C(=O)c2cccc3cccc1c23. The number of benzene rings is 2. The lowest BCUT2D eigenvalue weighted by Crippen LogP contribution is -2.24. The van der Waals surface area contributed by atoms with Crippen LogP contribution in [-0.2, 0) is 4.79 Å². The van der Waals surface area contributed by atoms with Crippen molar-refractivity contribution in [3.8, 4) is 0 Å². The van der Waals surface area contributed by atoms with E-state index in [1.807, 2.05) is 24.3 Å². The highest BCUT2D eigenvalue weighted by molar-refractivity contribution is 6.30. The van der Waals surface area contributed by atoms with Gasteiger partial charge in [-0.2, -0.15) is 0 Å². The third kappa shape index (κ3) is 0.892. The molecule has 0 atom stereocenters. The van der Waals surface area contributed by atoms with Gasteiger partial charge in [-0.3, -0.25) is 9.59 Å². The number of carbonyl (C=O) groups excluding carboxylic acids is 2. The summed E-state index contributed by atoms with van der Waals surface area (Å²) < 4.78 is 0. The minimum atomic E-state index is -0.239. The zero-order chi connectivity index (χ0) is 10.4. The molecule has 1 aliphatic heterocycles. The van der Waals surface area contributed by atoms with Gasteiger partial charge in [-0.05, 0) is 17.5 Å².